The maximum absolute atomic E-state index is 7.57. The number of benzene rings is 2. The average molecular weight is 303 g/mol. The molecule has 0 bridgehead atoms. The first kappa shape index (κ1) is 18.9. The van der Waals surface area contributed by atoms with Crippen LogP contribution in [0.25, 0.3) is 0 Å². The molecule has 0 aliphatic heterocycles. The van der Waals surface area contributed by atoms with Crippen LogP contribution < -0.4 is 0 Å². The van der Waals surface area contributed by atoms with E-state index in [1.54, 1.807) is 6.92 Å². The van der Waals surface area contributed by atoms with E-state index in [1.165, 1.54) is 5.56 Å². The van der Waals surface area contributed by atoms with E-state index in [-0.39, 0.29) is 39.3 Å². The first-order valence-electron chi connectivity index (χ1n) is 5.26. The van der Waals surface area contributed by atoms with Gasteiger partial charge in [0.25, 0.3) is 0 Å². The minimum Gasteiger partial charge on any atom is -0.397 e. The molecule has 2 heteroatoms. The standard InChI is InChI=1S/C7H7.C6H5.C2H6O.Y/c1-7-5-3-2-4-6-7;1-2-4-6-5-3-1;1-2-3;/h3-6H,1H3;1-5H;3H,2H2,1H3;/q2*-1;;. The van der Waals surface area contributed by atoms with Crippen molar-refractivity contribution in [2.24, 2.45) is 0 Å². The second-order valence-corrected chi connectivity index (χ2v) is 2.97. The molecule has 0 saturated heterocycles. The van der Waals surface area contributed by atoms with Crippen LogP contribution in [-0.4, -0.2) is 11.7 Å². The molecule has 2 aromatic carbocycles. The molecule has 0 aliphatic carbocycles. The van der Waals surface area contributed by atoms with E-state index in [0.29, 0.717) is 0 Å². The predicted octanol–water partition coefficient (Wildman–Crippen LogP) is 3.28. The molecular formula is C15H18OY-2. The SMILES string of the molecule is CCO.Cc1cc[c-]cc1.[Y].[c-]1ccccc1. The Hall–Kier alpha value is -0.496. The molecule has 0 aromatic heterocycles. The van der Waals surface area contributed by atoms with Gasteiger partial charge in [-0.3, -0.25) is 0 Å². The smallest absolute Gasteiger partial charge is 0.0402 e. The molecule has 1 radical (unpaired) electrons. The molecule has 0 spiro atoms. The normalized spacial score (nSPS) is 7.47. The third-order valence-corrected chi connectivity index (χ3v) is 1.49. The van der Waals surface area contributed by atoms with Gasteiger partial charge in [-0.1, -0.05) is 6.92 Å². The summed E-state index contributed by atoms with van der Waals surface area (Å²) in [5.41, 5.74) is 1.29. The Labute approximate surface area is 130 Å². The number of aliphatic hydroxyl groups excluding tert-OH is 1. The summed E-state index contributed by atoms with van der Waals surface area (Å²) in [5, 5.41) is 7.57. The molecule has 0 amide bonds. The quantitative estimate of drug-likeness (QED) is 0.741. The van der Waals surface area contributed by atoms with E-state index >= 15 is 0 Å². The van der Waals surface area contributed by atoms with Crippen LogP contribution in [0.5, 0.6) is 0 Å². The van der Waals surface area contributed by atoms with Crippen molar-refractivity contribution < 1.29 is 37.8 Å². The third kappa shape index (κ3) is 15.5. The summed E-state index contributed by atoms with van der Waals surface area (Å²) in [4.78, 5) is 0. The Morgan fingerprint density at radius 3 is 1.53 bits per heavy atom. The number of hydrogen-bond donors (Lipinski definition) is 1. The maximum atomic E-state index is 7.57. The first-order valence-corrected chi connectivity index (χ1v) is 5.26. The molecule has 0 fully saturated rings. The van der Waals surface area contributed by atoms with Crippen molar-refractivity contribution in [1.82, 2.24) is 0 Å². The number of aliphatic hydroxyl groups is 1. The van der Waals surface area contributed by atoms with Crippen LogP contribution >= 0.6 is 0 Å². The van der Waals surface area contributed by atoms with Crippen LogP contribution in [0.4, 0.5) is 0 Å². The Bertz CT molecular complexity index is 295. The van der Waals surface area contributed by atoms with E-state index < -0.39 is 0 Å². The zero-order valence-corrected chi connectivity index (χ0v) is 13.3. The molecule has 0 heterocycles. The first-order chi connectivity index (χ1) is 7.81. The fourth-order valence-corrected chi connectivity index (χ4v) is 0.812. The second-order valence-electron chi connectivity index (χ2n) is 2.97. The van der Waals surface area contributed by atoms with E-state index in [0.717, 1.165) is 0 Å². The fraction of sp³-hybridized carbons (Fsp3) is 0.200. The number of hydrogen-bond acceptors (Lipinski definition) is 1. The molecule has 1 N–H and O–H groups in total. The van der Waals surface area contributed by atoms with Gasteiger partial charge in [0.1, 0.15) is 0 Å². The summed E-state index contributed by atoms with van der Waals surface area (Å²) in [7, 11) is 0. The Morgan fingerprint density at radius 2 is 1.35 bits per heavy atom. The summed E-state index contributed by atoms with van der Waals surface area (Å²) < 4.78 is 0. The van der Waals surface area contributed by atoms with Gasteiger partial charge in [0.05, 0.1) is 0 Å². The number of aryl methyl sites for hydroxylation is 1. The van der Waals surface area contributed by atoms with Crippen molar-refractivity contribution >= 4 is 0 Å². The number of rotatable bonds is 0. The molecule has 2 aromatic rings. The van der Waals surface area contributed by atoms with Crippen LogP contribution in [-0.2, 0) is 32.7 Å². The molecule has 0 saturated carbocycles. The van der Waals surface area contributed by atoms with Crippen molar-refractivity contribution in [1.29, 1.82) is 0 Å². The van der Waals surface area contributed by atoms with Gasteiger partial charge < -0.3 is 5.11 Å². The van der Waals surface area contributed by atoms with E-state index in [1.807, 2.05) is 54.6 Å². The van der Waals surface area contributed by atoms with Crippen molar-refractivity contribution in [3.63, 3.8) is 0 Å². The van der Waals surface area contributed by atoms with Crippen LogP contribution in [0, 0.1) is 19.1 Å². The molecule has 0 atom stereocenters. The van der Waals surface area contributed by atoms with E-state index in [9.17, 15) is 0 Å². The minimum absolute atomic E-state index is 0. The van der Waals surface area contributed by atoms with Crippen LogP contribution in [0.2, 0.25) is 0 Å². The molecule has 2 rings (SSSR count). The molecule has 89 valence electrons. The molecule has 0 unspecified atom stereocenters. The van der Waals surface area contributed by atoms with Gasteiger partial charge in [0.2, 0.25) is 0 Å². The molecule has 1 nitrogen and oxygen atoms in total. The summed E-state index contributed by atoms with van der Waals surface area (Å²) in [6, 6.07) is 23.3. The molecule has 17 heavy (non-hydrogen) atoms. The van der Waals surface area contributed by atoms with E-state index in [4.69, 9.17) is 5.11 Å². The largest absolute Gasteiger partial charge is 0.397 e. The molecule has 0 aliphatic rings. The second kappa shape index (κ2) is 15.5. The van der Waals surface area contributed by atoms with Crippen LogP contribution in [0.15, 0.2) is 54.6 Å². The van der Waals surface area contributed by atoms with Crippen molar-refractivity contribution in [3.8, 4) is 0 Å². The monoisotopic (exact) mass is 303 g/mol. The minimum atomic E-state index is 0. The Morgan fingerprint density at radius 1 is 0.941 bits per heavy atom. The summed E-state index contributed by atoms with van der Waals surface area (Å²) in [6.07, 6.45) is 0. The fourth-order valence-electron chi connectivity index (χ4n) is 0.812. The van der Waals surface area contributed by atoms with Gasteiger partial charge in [-0.05, 0) is 6.92 Å². The van der Waals surface area contributed by atoms with Crippen molar-refractivity contribution in [2.45, 2.75) is 13.8 Å². The van der Waals surface area contributed by atoms with Crippen molar-refractivity contribution in [3.05, 3.63) is 72.3 Å². The van der Waals surface area contributed by atoms with Crippen LogP contribution in [0.3, 0.4) is 0 Å². The third-order valence-electron chi connectivity index (χ3n) is 1.49. The zero-order chi connectivity index (χ0) is 12.1. The summed E-state index contributed by atoms with van der Waals surface area (Å²) >= 11 is 0. The summed E-state index contributed by atoms with van der Waals surface area (Å²) in [6.45, 7) is 3.99. The van der Waals surface area contributed by atoms with Gasteiger partial charge in [0, 0.05) is 39.3 Å². The Balaban J connectivity index is 0. The van der Waals surface area contributed by atoms with Gasteiger partial charge in [-0.2, -0.15) is 72.3 Å². The predicted molar refractivity (Wildman–Crippen MR) is 68.1 cm³/mol. The summed E-state index contributed by atoms with van der Waals surface area (Å²) in [5.74, 6) is 0. The van der Waals surface area contributed by atoms with Gasteiger partial charge >= 0.3 is 0 Å². The van der Waals surface area contributed by atoms with E-state index in [2.05, 4.69) is 19.1 Å². The molecular weight excluding hydrogens is 285 g/mol. The van der Waals surface area contributed by atoms with Crippen LogP contribution in [0.1, 0.15) is 12.5 Å². The van der Waals surface area contributed by atoms with Gasteiger partial charge in [0.15, 0.2) is 0 Å². The van der Waals surface area contributed by atoms with Gasteiger partial charge in [-0.25, -0.2) is 0 Å². The van der Waals surface area contributed by atoms with Crippen molar-refractivity contribution in [2.75, 3.05) is 6.61 Å². The average Bonchev–Trinajstić information content (AvgIpc) is 2.34. The van der Waals surface area contributed by atoms with Gasteiger partial charge in [-0.15, -0.1) is 0 Å². The Kier molecular flexibility index (Phi) is 17.2. The topological polar surface area (TPSA) is 20.2 Å². The zero-order valence-electron chi connectivity index (χ0n) is 10.4. The maximum Gasteiger partial charge on any atom is 0.0402 e.